The van der Waals surface area contributed by atoms with Gasteiger partial charge in [0.2, 0.25) is 17.7 Å². The molecule has 0 radical (unpaired) electrons. The first kappa shape index (κ1) is 94.3. The Kier molecular flexibility index (Phi) is 26.4. The molecule has 4 bridgehead atoms. The second-order valence-corrected chi connectivity index (χ2v) is 42.0. The fourth-order valence-corrected chi connectivity index (χ4v) is 21.0. The minimum Gasteiger partial charge on any atom is -0.453 e. The number of ketones is 1. The Balaban J connectivity index is 0.000000172. The van der Waals surface area contributed by atoms with E-state index in [-0.39, 0.29) is 93.9 Å². The van der Waals surface area contributed by atoms with E-state index in [4.69, 9.17) is 38.9 Å². The molecule has 8 N–H and O–H groups in total. The zero-order chi connectivity index (χ0) is 95.5. The number of nitrogens with one attached hydrogen (secondary N) is 8. The molecule has 0 unspecified atom stereocenters. The van der Waals surface area contributed by atoms with Crippen LogP contribution in [0.2, 0.25) is 0 Å². The Morgan fingerprint density at radius 1 is 0.396 bits per heavy atom. The molecule has 4 aliphatic heterocycles. The Hall–Kier alpha value is -12.9. The topological polar surface area (TPSA) is 376 Å². The van der Waals surface area contributed by atoms with Gasteiger partial charge in [-0.15, -0.1) is 0 Å². The van der Waals surface area contributed by atoms with Gasteiger partial charge in [0.05, 0.1) is 106 Å². The van der Waals surface area contributed by atoms with Crippen LogP contribution in [0.1, 0.15) is 221 Å². The number of carbonyl (C=O) groups excluding carboxylic acids is 9. The van der Waals surface area contributed by atoms with Crippen molar-refractivity contribution >= 4 is 75.5 Å². The van der Waals surface area contributed by atoms with E-state index in [1.54, 1.807) is 0 Å². The maximum Gasteiger partial charge on any atom is 0.411 e. The fraction of sp³-hybridized carbons (Fsp3) is 0.490. The van der Waals surface area contributed by atoms with E-state index in [0.29, 0.717) is 24.9 Å². The highest BCUT2D eigenvalue weighted by atomic mass is 16.6. The number of H-pyrrole nitrogens is 4. The summed E-state index contributed by atoms with van der Waals surface area (Å²) in [6.07, 6.45) is 16.8. The van der Waals surface area contributed by atoms with E-state index in [0.717, 1.165) is 189 Å². The third kappa shape index (κ3) is 20.0. The van der Waals surface area contributed by atoms with Crippen LogP contribution in [-0.2, 0) is 42.9 Å². The van der Waals surface area contributed by atoms with Crippen LogP contribution in [0, 0.1) is 45.3 Å². The van der Waals surface area contributed by atoms with Gasteiger partial charge in [0.15, 0.2) is 5.78 Å². The molecule has 30 heteroatoms. The smallest absolute Gasteiger partial charge is 0.411 e. The van der Waals surface area contributed by atoms with E-state index in [9.17, 15) is 43.2 Å². The molecule has 134 heavy (non-hydrogen) atoms. The summed E-state index contributed by atoms with van der Waals surface area (Å²) in [4.78, 5) is 155. The van der Waals surface area contributed by atoms with Crippen molar-refractivity contribution in [2.24, 2.45) is 45.3 Å². The summed E-state index contributed by atoms with van der Waals surface area (Å²) >= 11 is 0. The Labute approximate surface area is 782 Å². The van der Waals surface area contributed by atoms with Gasteiger partial charge in [-0.25, -0.2) is 43.9 Å². The maximum absolute atomic E-state index is 14.2. The molecular formula is C104H128N16O14. The molecule has 708 valence electrons. The van der Waals surface area contributed by atoms with Crippen molar-refractivity contribution in [3.8, 4) is 67.3 Å². The zero-order valence-corrected chi connectivity index (χ0v) is 80.1. The van der Waals surface area contributed by atoms with Gasteiger partial charge in [-0.3, -0.25) is 24.1 Å². The number of piperidine rings is 2. The van der Waals surface area contributed by atoms with Gasteiger partial charge in [0, 0.05) is 36.3 Å². The molecule has 4 saturated carbocycles. The number of rotatable bonds is 20. The highest BCUT2D eigenvalue weighted by Crippen LogP contribution is 2.60. The van der Waals surface area contributed by atoms with Crippen LogP contribution in [-0.4, -0.2) is 197 Å². The predicted octanol–water partition coefficient (Wildman–Crippen LogP) is 19.1. The van der Waals surface area contributed by atoms with E-state index in [1.165, 1.54) is 35.4 Å². The lowest BCUT2D eigenvalue weighted by atomic mass is 9.85. The van der Waals surface area contributed by atoms with Crippen molar-refractivity contribution in [2.75, 3.05) is 41.5 Å². The maximum atomic E-state index is 14.2. The summed E-state index contributed by atoms with van der Waals surface area (Å²) in [7, 11) is 5.20. The number of nitrogens with zero attached hydrogens (tertiary/aromatic N) is 8. The summed E-state index contributed by atoms with van der Waals surface area (Å²) < 4.78 is 24.8. The van der Waals surface area contributed by atoms with Gasteiger partial charge in [0.25, 0.3) is 0 Å². The molecule has 30 nitrogen and oxygen atoms in total. The molecule has 8 aliphatic rings. The molecule has 12 atom stereocenters. The number of alkyl carbamates (subject to hydrolysis) is 4. The second kappa shape index (κ2) is 37.5. The molecule has 4 saturated heterocycles. The Morgan fingerprint density at radius 3 is 1.07 bits per heavy atom. The first-order valence-corrected chi connectivity index (χ1v) is 47.0. The quantitative estimate of drug-likeness (QED) is 0.0329. The zero-order valence-electron chi connectivity index (χ0n) is 80.1. The molecule has 18 rings (SSSR count). The van der Waals surface area contributed by atoms with Gasteiger partial charge >= 0.3 is 30.5 Å². The monoisotopic (exact) mass is 1820 g/mol. The van der Waals surface area contributed by atoms with Crippen molar-refractivity contribution < 1.29 is 66.8 Å². The number of aromatic amines is 4. The van der Waals surface area contributed by atoms with Gasteiger partial charge in [-0.2, -0.15) is 0 Å². The summed E-state index contributed by atoms with van der Waals surface area (Å²) in [5.74, 6) is 3.23. The molecule has 8 amide bonds. The normalized spacial score (nSPS) is 21.4. The largest absolute Gasteiger partial charge is 0.453 e. The van der Waals surface area contributed by atoms with Crippen LogP contribution in [0.3, 0.4) is 0 Å². The van der Waals surface area contributed by atoms with Crippen molar-refractivity contribution in [1.29, 1.82) is 0 Å². The third-order valence-corrected chi connectivity index (χ3v) is 28.5. The highest BCUT2D eigenvalue weighted by Gasteiger charge is 2.58. The average molecular weight is 1830 g/mol. The number of amides is 8. The number of Topliss-reactive ketones (excluding diaryl/α,β-unsaturated/α-hetero) is 1. The lowest BCUT2D eigenvalue weighted by Crippen LogP contribution is -2.56. The van der Waals surface area contributed by atoms with E-state index >= 15 is 0 Å². The molecule has 2 spiro atoms. The molecular weight excluding hydrogens is 1700 g/mol. The number of likely N-dealkylation sites (tertiary alicyclic amines) is 4. The highest BCUT2D eigenvalue weighted by molar-refractivity contribution is 5.94. The van der Waals surface area contributed by atoms with E-state index in [2.05, 4.69) is 167 Å². The van der Waals surface area contributed by atoms with Gasteiger partial charge in [0.1, 0.15) is 47.0 Å². The van der Waals surface area contributed by atoms with Crippen LogP contribution in [0.15, 0.2) is 146 Å². The summed E-state index contributed by atoms with van der Waals surface area (Å²) in [5, 5.41) is 15.3. The van der Waals surface area contributed by atoms with Gasteiger partial charge in [-0.05, 0) is 229 Å². The Bertz CT molecular complexity index is 6060. The average Bonchev–Trinajstić information content (AvgIpc) is 1.58. The number of hydrogen-bond acceptors (Lipinski definition) is 18. The molecule has 4 aromatic heterocycles. The lowest BCUT2D eigenvalue weighted by molar-refractivity contribution is -0.141. The number of fused-ring (bicyclic) bond motifs is 6. The number of aromatic nitrogens is 8. The summed E-state index contributed by atoms with van der Waals surface area (Å²) in [6.45, 7) is 27.7. The van der Waals surface area contributed by atoms with E-state index < -0.39 is 59.6 Å². The number of methoxy groups -OCH3 is 4. The fourth-order valence-electron chi connectivity index (χ4n) is 21.0. The van der Waals surface area contributed by atoms with Crippen LogP contribution < -0.4 is 21.3 Å². The van der Waals surface area contributed by atoms with Crippen molar-refractivity contribution in [2.45, 2.75) is 240 Å². The molecule has 10 aromatic rings. The van der Waals surface area contributed by atoms with E-state index in [1.807, 2.05) is 134 Å². The first-order valence-electron chi connectivity index (χ1n) is 47.0. The van der Waals surface area contributed by atoms with Gasteiger partial charge in [-0.1, -0.05) is 166 Å². The van der Waals surface area contributed by atoms with Crippen LogP contribution in [0.5, 0.6) is 0 Å². The number of imidazole rings is 4. The van der Waals surface area contributed by atoms with Crippen LogP contribution in [0.4, 0.5) is 24.0 Å². The molecule has 8 heterocycles. The minimum absolute atomic E-state index is 0.0714. The number of hydrogen-bond donors (Lipinski definition) is 8. The van der Waals surface area contributed by atoms with Crippen molar-refractivity contribution in [3.05, 3.63) is 169 Å². The summed E-state index contributed by atoms with van der Waals surface area (Å²) in [6, 6.07) is 39.8. The number of ether oxygens (including phenoxy) is 5. The minimum atomic E-state index is -0.734. The standard InChI is InChI=1S/C49H58N8O6.C46H53N7O5.C9H17NO3/c1-27(2)39(54-46(60)62-6)44(58)56-26-49(18-19-49)23-38(56)42-50-25-37(52-42)33-15-14-31-20-30(12-13-32(31)21-33)28-8-10-29(11-9-28)36-24-51-43(53-36)40-34-16-17-35(22-34)57(40)45(59)41(48(3,4)5)55-47(61)63-7;1-26(2)38(51-43(55)57-6)42(54)52-25-46(17-18-46)22-37(52)40-47-24-36(49-40)32-14-13-30-19-29(11-12-31(30)20-32)27-7-9-28(10-8-27)35-23-48-41(50-35)39-33-15-16-34(21-33)53(39)44(56)58-45(3,4)5;1-6(11)7(9(2,3)4)10-8(12)13-5/h8-15,20-21,24-25,27,34-35,38-41H,16-19,22-23,26H2,1-7H3,(H,50,52)(H,51,53)(H,54,60)(H,55,61);7-14,19-20,23-24,26,33-34,37-39H,15-18,21-22,25H2,1-6H3,(H,47,49)(H,48,50)(H,51,55);7H,1-5H3,(H,10,12)/t34-,35+,38-,39-,40-,41+;33-,34+,37-,38-,39-;7-/m001/s1. The number of carbonyl (C=O) groups is 9. The second-order valence-electron chi connectivity index (χ2n) is 42.0. The lowest BCUT2D eigenvalue weighted by Gasteiger charge is -2.40. The molecule has 8 fully saturated rings. The molecule has 4 aliphatic carbocycles. The van der Waals surface area contributed by atoms with Gasteiger partial charge < -0.3 is 79.6 Å². The predicted molar refractivity (Wildman–Crippen MR) is 510 cm³/mol. The van der Waals surface area contributed by atoms with Crippen LogP contribution >= 0.6 is 0 Å². The first-order chi connectivity index (χ1) is 63.7. The van der Waals surface area contributed by atoms with Crippen LogP contribution in [0.25, 0.3) is 88.8 Å². The Morgan fingerprint density at radius 2 is 0.716 bits per heavy atom. The molecule has 6 aromatic carbocycles. The van der Waals surface area contributed by atoms with Crippen molar-refractivity contribution in [3.63, 3.8) is 0 Å². The summed E-state index contributed by atoms with van der Waals surface area (Å²) in [5.41, 5.74) is 11.0. The van der Waals surface area contributed by atoms with Crippen molar-refractivity contribution in [1.82, 2.24) is 80.7 Å². The number of benzene rings is 6. The third-order valence-electron chi connectivity index (χ3n) is 28.5. The SMILES string of the molecule is COC(=O)N[C@H](C(=O)N1CC2(CC2)C[C@H]1c1ncc(-c2ccc3cc(-c4ccc(-c5cnc([C@@H]6[C@H]7CC[C@H](C7)N6C(=O)OC(C)(C)C)[nH]5)cc4)ccc3c2)[nH]1)C(C)C.COC(=O)N[C@H](C(=O)N1CC2(CC2)C[C@H]1c1ncc(-c2ccc3cc(-c4ccc(-c5cnc([C@@H]6[C@H]7CC[C@H](C7)N6C(=O)[C@@H](NC(=O)OC)C(C)(C)C)[nH]5)cc4)ccc3c2)[nH]1)C(C)C.COC(=O)N[C@H](C(C)=O)C(C)(C)C.